The highest BCUT2D eigenvalue weighted by molar-refractivity contribution is 5.96. The summed E-state index contributed by atoms with van der Waals surface area (Å²) in [6, 6.07) is 9.71. The van der Waals surface area contributed by atoms with Crippen molar-refractivity contribution in [2.45, 2.75) is 31.3 Å². The Morgan fingerprint density at radius 3 is 1.42 bits per heavy atom. The molecule has 1 saturated carbocycles. The Bertz CT molecular complexity index is 870. The maximum atomic E-state index is 12.8. The fourth-order valence-electron chi connectivity index (χ4n) is 3.76. The van der Waals surface area contributed by atoms with Crippen molar-refractivity contribution in [3.05, 3.63) is 47.5 Å². The fraction of sp³-hybridized carbons (Fsp3) is 0.391. The van der Waals surface area contributed by atoms with E-state index in [0.717, 1.165) is 19.3 Å². The number of carbonyl (C=O) groups is 2. The van der Waals surface area contributed by atoms with Gasteiger partial charge in [-0.1, -0.05) is 0 Å². The zero-order valence-electron chi connectivity index (χ0n) is 18.2. The molecule has 0 spiro atoms. The first kappa shape index (κ1) is 22.3. The van der Waals surface area contributed by atoms with Gasteiger partial charge in [0.05, 0.1) is 28.4 Å². The van der Waals surface area contributed by atoms with E-state index in [1.165, 1.54) is 14.2 Å². The lowest BCUT2D eigenvalue weighted by Gasteiger charge is -2.23. The third kappa shape index (κ3) is 5.02. The van der Waals surface area contributed by atoms with Crippen LogP contribution in [0.1, 0.15) is 40.0 Å². The first-order valence-electron chi connectivity index (χ1n) is 10.1. The van der Waals surface area contributed by atoms with E-state index >= 15 is 0 Å². The summed E-state index contributed by atoms with van der Waals surface area (Å²) >= 11 is 0. The Hall–Kier alpha value is -3.42. The van der Waals surface area contributed by atoms with Crippen LogP contribution < -0.4 is 29.6 Å². The van der Waals surface area contributed by atoms with Crippen LogP contribution in [-0.4, -0.2) is 52.3 Å². The van der Waals surface area contributed by atoms with Crippen LogP contribution in [0, 0.1) is 0 Å². The van der Waals surface area contributed by atoms with Crippen LogP contribution in [0.2, 0.25) is 0 Å². The zero-order valence-corrected chi connectivity index (χ0v) is 18.2. The summed E-state index contributed by atoms with van der Waals surface area (Å²) in [6.07, 6.45) is 2.49. The molecular formula is C23H28N2O6. The normalized spacial score (nSPS) is 17.5. The Kier molecular flexibility index (Phi) is 7.23. The van der Waals surface area contributed by atoms with E-state index in [1.54, 1.807) is 50.6 Å². The minimum Gasteiger partial charge on any atom is -0.493 e. The Balaban J connectivity index is 1.67. The van der Waals surface area contributed by atoms with Gasteiger partial charge in [-0.2, -0.15) is 0 Å². The molecule has 8 nitrogen and oxygen atoms in total. The third-order valence-corrected chi connectivity index (χ3v) is 5.44. The second-order valence-electron chi connectivity index (χ2n) is 7.23. The first-order valence-corrected chi connectivity index (χ1v) is 10.1. The van der Waals surface area contributed by atoms with Gasteiger partial charge in [0.15, 0.2) is 23.0 Å². The van der Waals surface area contributed by atoms with Crippen LogP contribution in [0.5, 0.6) is 23.0 Å². The van der Waals surface area contributed by atoms with E-state index in [9.17, 15) is 9.59 Å². The third-order valence-electron chi connectivity index (χ3n) is 5.44. The van der Waals surface area contributed by atoms with Gasteiger partial charge in [-0.15, -0.1) is 0 Å². The van der Waals surface area contributed by atoms with Gasteiger partial charge in [0.2, 0.25) is 0 Å². The van der Waals surface area contributed by atoms with E-state index in [-0.39, 0.29) is 23.9 Å². The lowest BCUT2D eigenvalue weighted by atomic mass is 10.1. The smallest absolute Gasteiger partial charge is 0.251 e. The number of hydrogen-bond donors (Lipinski definition) is 2. The summed E-state index contributed by atoms with van der Waals surface area (Å²) in [5.41, 5.74) is 0.934. The molecular weight excluding hydrogens is 400 g/mol. The number of methoxy groups -OCH3 is 4. The Labute approximate surface area is 181 Å². The van der Waals surface area contributed by atoms with Gasteiger partial charge in [0.25, 0.3) is 11.8 Å². The average molecular weight is 428 g/mol. The van der Waals surface area contributed by atoms with Crippen LogP contribution in [0.15, 0.2) is 36.4 Å². The van der Waals surface area contributed by atoms with Gasteiger partial charge in [0, 0.05) is 23.2 Å². The number of ether oxygens (including phenoxy) is 4. The molecule has 8 heteroatoms. The number of benzene rings is 2. The monoisotopic (exact) mass is 428 g/mol. The van der Waals surface area contributed by atoms with E-state index < -0.39 is 0 Å². The second-order valence-corrected chi connectivity index (χ2v) is 7.23. The molecule has 0 saturated heterocycles. The van der Waals surface area contributed by atoms with E-state index in [0.29, 0.717) is 34.1 Å². The van der Waals surface area contributed by atoms with Crippen molar-refractivity contribution >= 4 is 11.8 Å². The van der Waals surface area contributed by atoms with Gasteiger partial charge in [0.1, 0.15) is 0 Å². The van der Waals surface area contributed by atoms with Crippen molar-refractivity contribution in [2.75, 3.05) is 28.4 Å². The molecule has 0 radical (unpaired) electrons. The minimum atomic E-state index is -0.224. The molecule has 2 aromatic carbocycles. The number of nitrogens with one attached hydrogen (secondary N) is 2. The summed E-state index contributed by atoms with van der Waals surface area (Å²) in [5, 5.41) is 6.07. The summed E-state index contributed by atoms with van der Waals surface area (Å²) in [5.74, 6) is 1.64. The highest BCUT2D eigenvalue weighted by Crippen LogP contribution is 2.29. The van der Waals surface area contributed by atoms with Crippen LogP contribution >= 0.6 is 0 Å². The van der Waals surface area contributed by atoms with Gasteiger partial charge >= 0.3 is 0 Å². The molecule has 2 N–H and O–H groups in total. The predicted molar refractivity (Wildman–Crippen MR) is 115 cm³/mol. The van der Waals surface area contributed by atoms with Crippen LogP contribution in [0.25, 0.3) is 0 Å². The maximum absolute atomic E-state index is 12.8. The van der Waals surface area contributed by atoms with Crippen LogP contribution in [0.4, 0.5) is 0 Å². The fourth-order valence-corrected chi connectivity index (χ4v) is 3.76. The van der Waals surface area contributed by atoms with Gasteiger partial charge in [-0.25, -0.2) is 0 Å². The molecule has 0 heterocycles. The highest BCUT2D eigenvalue weighted by atomic mass is 16.5. The Morgan fingerprint density at radius 1 is 0.677 bits per heavy atom. The van der Waals surface area contributed by atoms with E-state index in [4.69, 9.17) is 18.9 Å². The number of hydrogen-bond acceptors (Lipinski definition) is 6. The lowest BCUT2D eigenvalue weighted by molar-refractivity contribution is 0.0891. The number of carbonyl (C=O) groups excluding carboxylic acids is 2. The molecule has 2 amide bonds. The molecule has 1 fully saturated rings. The van der Waals surface area contributed by atoms with Gasteiger partial charge in [-0.3, -0.25) is 9.59 Å². The molecule has 166 valence electrons. The van der Waals surface area contributed by atoms with E-state index in [2.05, 4.69) is 10.6 Å². The van der Waals surface area contributed by atoms with Crippen molar-refractivity contribution in [3.63, 3.8) is 0 Å². The SMILES string of the molecule is COc1ccc(C(=O)NC2CCCC2NC(=O)c2ccc(OC)c(OC)c2)cc1OC. The standard InChI is InChI=1S/C23H28N2O6/c1-28-18-10-8-14(12-20(18)30-3)22(26)24-16-6-5-7-17(16)25-23(27)15-9-11-19(29-2)21(13-15)31-4/h8-13,16-17H,5-7H2,1-4H3,(H,24,26)(H,25,27). The average Bonchev–Trinajstić information content (AvgIpc) is 3.23. The topological polar surface area (TPSA) is 95.1 Å². The second kappa shape index (κ2) is 10.1. The quantitative estimate of drug-likeness (QED) is 0.671. The molecule has 0 aromatic heterocycles. The maximum Gasteiger partial charge on any atom is 0.251 e. The molecule has 2 aromatic rings. The predicted octanol–water partition coefficient (Wildman–Crippen LogP) is 2.80. The molecule has 0 aliphatic heterocycles. The number of amides is 2. The molecule has 1 aliphatic carbocycles. The van der Waals surface area contributed by atoms with Crippen molar-refractivity contribution in [2.24, 2.45) is 0 Å². The lowest BCUT2D eigenvalue weighted by Crippen LogP contribution is -2.48. The largest absolute Gasteiger partial charge is 0.493 e. The summed E-state index contributed by atoms with van der Waals surface area (Å²) in [4.78, 5) is 25.5. The number of rotatable bonds is 8. The molecule has 2 atom stereocenters. The van der Waals surface area contributed by atoms with Gasteiger partial charge in [-0.05, 0) is 55.7 Å². The molecule has 1 aliphatic rings. The van der Waals surface area contributed by atoms with Crippen LogP contribution in [0.3, 0.4) is 0 Å². The summed E-state index contributed by atoms with van der Waals surface area (Å²) < 4.78 is 21.0. The first-order chi connectivity index (χ1) is 15.0. The van der Waals surface area contributed by atoms with Crippen LogP contribution in [-0.2, 0) is 0 Å². The summed E-state index contributed by atoms with van der Waals surface area (Å²) in [6.45, 7) is 0. The van der Waals surface area contributed by atoms with Crippen molar-refractivity contribution in [1.29, 1.82) is 0 Å². The van der Waals surface area contributed by atoms with Crippen molar-refractivity contribution < 1.29 is 28.5 Å². The van der Waals surface area contributed by atoms with Crippen molar-refractivity contribution in [3.8, 4) is 23.0 Å². The Morgan fingerprint density at radius 2 is 1.06 bits per heavy atom. The van der Waals surface area contributed by atoms with Gasteiger partial charge < -0.3 is 29.6 Å². The molecule has 2 unspecified atom stereocenters. The molecule has 3 rings (SSSR count). The van der Waals surface area contributed by atoms with E-state index in [1.807, 2.05) is 0 Å². The highest BCUT2D eigenvalue weighted by Gasteiger charge is 2.30. The minimum absolute atomic E-state index is 0.162. The van der Waals surface area contributed by atoms with Crippen molar-refractivity contribution in [1.82, 2.24) is 10.6 Å². The zero-order chi connectivity index (χ0) is 22.4. The summed E-state index contributed by atoms with van der Waals surface area (Å²) in [7, 11) is 6.14. The molecule has 31 heavy (non-hydrogen) atoms. The molecule has 0 bridgehead atoms.